The van der Waals surface area contributed by atoms with Crippen LogP contribution in [0.15, 0.2) is 0 Å². The van der Waals surface area contributed by atoms with Gasteiger partial charge in [0.15, 0.2) is 0 Å². The van der Waals surface area contributed by atoms with E-state index in [1.54, 1.807) is 0 Å². The maximum Gasteiger partial charge on any atom is 0.0540 e. The van der Waals surface area contributed by atoms with E-state index in [1.807, 2.05) is 6.92 Å². The van der Waals surface area contributed by atoms with Crippen LogP contribution in [0.25, 0.3) is 0 Å². The quantitative estimate of drug-likeness (QED) is 0.571. The third-order valence-electron chi connectivity index (χ3n) is 2.31. The van der Waals surface area contributed by atoms with Gasteiger partial charge in [-0.05, 0) is 31.1 Å². The summed E-state index contributed by atoms with van der Waals surface area (Å²) in [5.74, 6) is 0.583. The smallest absolute Gasteiger partial charge is 0.0540 e. The molecule has 1 nitrogen and oxygen atoms in total. The molecule has 0 amide bonds. The number of aliphatic hydroxyl groups is 1. The summed E-state index contributed by atoms with van der Waals surface area (Å²) < 4.78 is 0. The molecule has 0 aliphatic heterocycles. The van der Waals surface area contributed by atoms with Crippen molar-refractivity contribution in [3.05, 3.63) is 0 Å². The molecule has 1 rings (SSSR count). The van der Waals surface area contributed by atoms with Crippen LogP contribution in [0, 0.1) is 11.3 Å². The van der Waals surface area contributed by atoms with E-state index in [9.17, 15) is 0 Å². The Bertz CT molecular complexity index is 97.1. The molecule has 0 aromatic rings. The lowest BCUT2D eigenvalue weighted by molar-refractivity contribution is -0.00348. The Morgan fingerprint density at radius 1 is 1.44 bits per heavy atom. The summed E-state index contributed by atoms with van der Waals surface area (Å²) in [7, 11) is 0. The van der Waals surface area contributed by atoms with Crippen LogP contribution in [0.2, 0.25) is 0 Å². The summed E-state index contributed by atoms with van der Waals surface area (Å²) in [4.78, 5) is 0. The Labute approximate surface area is 57.1 Å². The predicted octanol–water partition coefficient (Wildman–Crippen LogP) is 1.80. The summed E-state index contributed by atoms with van der Waals surface area (Å²) in [5.41, 5.74) is 0.516. The second-order valence-corrected chi connectivity index (χ2v) is 4.07. The standard InChI is InChI=1S/C8H16O/c1-6(9)7-4-8(2,3)5-7/h6-7,9H,4-5H2,1-3H3/t6-/m1/s1. The van der Waals surface area contributed by atoms with E-state index in [0.29, 0.717) is 11.3 Å². The van der Waals surface area contributed by atoms with Gasteiger partial charge in [0, 0.05) is 0 Å². The fourth-order valence-corrected chi connectivity index (χ4v) is 1.70. The minimum Gasteiger partial charge on any atom is -0.393 e. The molecule has 0 aromatic heterocycles. The van der Waals surface area contributed by atoms with E-state index >= 15 is 0 Å². The highest BCUT2D eigenvalue weighted by Crippen LogP contribution is 2.46. The Kier molecular flexibility index (Phi) is 1.55. The molecule has 1 heteroatoms. The van der Waals surface area contributed by atoms with Crippen LogP contribution in [0.5, 0.6) is 0 Å². The van der Waals surface area contributed by atoms with Gasteiger partial charge in [-0.1, -0.05) is 13.8 Å². The van der Waals surface area contributed by atoms with Gasteiger partial charge < -0.3 is 5.11 Å². The van der Waals surface area contributed by atoms with Gasteiger partial charge in [-0.15, -0.1) is 0 Å². The molecule has 1 N–H and O–H groups in total. The molecular weight excluding hydrogens is 112 g/mol. The van der Waals surface area contributed by atoms with E-state index < -0.39 is 0 Å². The number of hydrogen-bond acceptors (Lipinski definition) is 1. The third kappa shape index (κ3) is 1.45. The van der Waals surface area contributed by atoms with Gasteiger partial charge in [-0.3, -0.25) is 0 Å². The van der Waals surface area contributed by atoms with Gasteiger partial charge in [-0.2, -0.15) is 0 Å². The van der Waals surface area contributed by atoms with Crippen LogP contribution < -0.4 is 0 Å². The first kappa shape index (κ1) is 7.07. The van der Waals surface area contributed by atoms with E-state index in [2.05, 4.69) is 13.8 Å². The molecule has 0 heterocycles. The first-order chi connectivity index (χ1) is 4.01. The van der Waals surface area contributed by atoms with Crippen LogP contribution in [0.1, 0.15) is 33.6 Å². The zero-order chi connectivity index (χ0) is 7.07. The van der Waals surface area contributed by atoms with Crippen molar-refractivity contribution in [2.45, 2.75) is 39.7 Å². The molecule has 0 saturated heterocycles. The zero-order valence-corrected chi connectivity index (χ0v) is 6.52. The summed E-state index contributed by atoms with van der Waals surface area (Å²) >= 11 is 0. The minimum absolute atomic E-state index is 0.0852. The van der Waals surface area contributed by atoms with Gasteiger partial charge in [0.1, 0.15) is 0 Å². The van der Waals surface area contributed by atoms with Crippen molar-refractivity contribution in [1.29, 1.82) is 0 Å². The summed E-state index contributed by atoms with van der Waals surface area (Å²) in [6, 6.07) is 0. The molecule has 9 heavy (non-hydrogen) atoms. The van der Waals surface area contributed by atoms with Gasteiger partial charge in [-0.25, -0.2) is 0 Å². The summed E-state index contributed by atoms with van der Waals surface area (Å²) in [5, 5.41) is 9.10. The Morgan fingerprint density at radius 2 is 1.89 bits per heavy atom. The molecule has 1 aliphatic rings. The maximum absolute atomic E-state index is 9.10. The molecule has 1 aliphatic carbocycles. The Balaban J connectivity index is 2.27. The van der Waals surface area contributed by atoms with Crippen molar-refractivity contribution in [3.63, 3.8) is 0 Å². The van der Waals surface area contributed by atoms with Crippen molar-refractivity contribution in [2.75, 3.05) is 0 Å². The van der Waals surface area contributed by atoms with Crippen LogP contribution >= 0.6 is 0 Å². The molecular formula is C8H16O. The molecule has 1 atom stereocenters. The van der Waals surface area contributed by atoms with Crippen LogP contribution in [-0.2, 0) is 0 Å². The highest BCUT2D eigenvalue weighted by atomic mass is 16.3. The molecule has 1 saturated carbocycles. The second kappa shape index (κ2) is 1.98. The third-order valence-corrected chi connectivity index (χ3v) is 2.31. The monoisotopic (exact) mass is 128 g/mol. The van der Waals surface area contributed by atoms with E-state index in [1.165, 1.54) is 12.8 Å². The highest BCUT2D eigenvalue weighted by Gasteiger charge is 2.38. The maximum atomic E-state index is 9.10. The molecule has 0 radical (unpaired) electrons. The molecule has 0 spiro atoms. The Morgan fingerprint density at radius 3 is 2.00 bits per heavy atom. The van der Waals surface area contributed by atoms with Gasteiger partial charge in [0.05, 0.1) is 6.10 Å². The lowest BCUT2D eigenvalue weighted by Crippen LogP contribution is -2.37. The van der Waals surface area contributed by atoms with Crippen molar-refractivity contribution in [2.24, 2.45) is 11.3 Å². The average Bonchev–Trinajstić information content (AvgIpc) is 1.59. The van der Waals surface area contributed by atoms with Crippen molar-refractivity contribution >= 4 is 0 Å². The van der Waals surface area contributed by atoms with E-state index in [0.717, 1.165) is 0 Å². The number of rotatable bonds is 1. The number of aliphatic hydroxyl groups excluding tert-OH is 1. The lowest BCUT2D eigenvalue weighted by Gasteiger charge is -2.44. The largest absolute Gasteiger partial charge is 0.393 e. The summed E-state index contributed by atoms with van der Waals surface area (Å²) in [6.07, 6.45) is 2.31. The molecule has 54 valence electrons. The van der Waals surface area contributed by atoms with Crippen LogP contribution in [-0.4, -0.2) is 11.2 Å². The van der Waals surface area contributed by atoms with Gasteiger partial charge >= 0.3 is 0 Å². The molecule has 0 unspecified atom stereocenters. The van der Waals surface area contributed by atoms with Crippen LogP contribution in [0.4, 0.5) is 0 Å². The molecule has 1 fully saturated rings. The SMILES string of the molecule is C[C@@H](O)C1CC(C)(C)C1. The first-order valence-corrected chi connectivity index (χ1v) is 3.69. The van der Waals surface area contributed by atoms with E-state index in [-0.39, 0.29) is 6.10 Å². The Hall–Kier alpha value is -0.0400. The summed E-state index contributed by atoms with van der Waals surface area (Å²) in [6.45, 7) is 6.40. The van der Waals surface area contributed by atoms with Crippen LogP contribution in [0.3, 0.4) is 0 Å². The normalized spacial score (nSPS) is 29.3. The minimum atomic E-state index is -0.0852. The number of hydrogen-bond donors (Lipinski definition) is 1. The lowest BCUT2D eigenvalue weighted by atomic mass is 9.63. The van der Waals surface area contributed by atoms with Crippen molar-refractivity contribution in [3.8, 4) is 0 Å². The van der Waals surface area contributed by atoms with Crippen molar-refractivity contribution < 1.29 is 5.11 Å². The molecule has 0 aromatic carbocycles. The van der Waals surface area contributed by atoms with Gasteiger partial charge in [0.25, 0.3) is 0 Å². The van der Waals surface area contributed by atoms with Gasteiger partial charge in [0.2, 0.25) is 0 Å². The predicted molar refractivity (Wildman–Crippen MR) is 38.2 cm³/mol. The first-order valence-electron chi connectivity index (χ1n) is 3.69. The fourth-order valence-electron chi connectivity index (χ4n) is 1.70. The molecule has 0 bridgehead atoms. The topological polar surface area (TPSA) is 20.2 Å². The van der Waals surface area contributed by atoms with Crippen molar-refractivity contribution in [1.82, 2.24) is 0 Å². The highest BCUT2D eigenvalue weighted by molar-refractivity contribution is 4.88. The second-order valence-electron chi connectivity index (χ2n) is 4.07. The van der Waals surface area contributed by atoms with E-state index in [4.69, 9.17) is 5.11 Å². The average molecular weight is 128 g/mol. The zero-order valence-electron chi connectivity index (χ0n) is 6.52. The fraction of sp³-hybridized carbons (Fsp3) is 1.00.